The second kappa shape index (κ2) is 5.55. The summed E-state index contributed by atoms with van der Waals surface area (Å²) in [6.07, 6.45) is 1.73. The molecule has 2 heterocycles. The number of anilines is 1. The van der Waals surface area contributed by atoms with Crippen LogP contribution in [0.4, 0.5) is 5.95 Å². The first kappa shape index (κ1) is 11.7. The minimum absolute atomic E-state index is 0.623. The first-order valence-corrected chi connectivity index (χ1v) is 6.99. The predicted octanol–water partition coefficient (Wildman–Crippen LogP) is 2.67. The Balaban J connectivity index is 2.21. The molecule has 84 valence electrons. The normalized spacial score (nSPS) is 10.4. The van der Waals surface area contributed by atoms with Crippen molar-refractivity contribution in [1.29, 1.82) is 0 Å². The minimum atomic E-state index is 0.623. The number of hydrogen-bond donors (Lipinski definition) is 1. The van der Waals surface area contributed by atoms with Crippen LogP contribution in [0.25, 0.3) is 0 Å². The van der Waals surface area contributed by atoms with Gasteiger partial charge in [0.1, 0.15) is 10.5 Å². The van der Waals surface area contributed by atoms with E-state index in [2.05, 4.69) is 41.4 Å². The zero-order chi connectivity index (χ0) is 11.4. The first-order valence-electron chi connectivity index (χ1n) is 4.50. The van der Waals surface area contributed by atoms with Gasteiger partial charge in [0.15, 0.2) is 4.34 Å². The first-order chi connectivity index (χ1) is 7.79. The molecule has 0 aliphatic carbocycles. The van der Waals surface area contributed by atoms with E-state index in [-0.39, 0.29) is 0 Å². The van der Waals surface area contributed by atoms with Crippen LogP contribution in [0.1, 0.15) is 6.92 Å². The lowest BCUT2D eigenvalue weighted by Crippen LogP contribution is -2.02. The monoisotopic (exact) mass is 317 g/mol. The van der Waals surface area contributed by atoms with Crippen LogP contribution in [-0.4, -0.2) is 26.7 Å². The summed E-state index contributed by atoms with van der Waals surface area (Å²) in [4.78, 5) is 8.51. The lowest BCUT2D eigenvalue weighted by atomic mass is 10.6. The van der Waals surface area contributed by atoms with Gasteiger partial charge in [-0.15, -0.1) is 10.2 Å². The Morgan fingerprint density at radius 1 is 1.56 bits per heavy atom. The van der Waals surface area contributed by atoms with E-state index in [1.807, 2.05) is 6.92 Å². The number of nitrogens with zero attached hydrogens (tertiary/aromatic N) is 4. The molecule has 0 aromatic carbocycles. The summed E-state index contributed by atoms with van der Waals surface area (Å²) in [5.74, 6) is 0.623. The second-order valence-electron chi connectivity index (χ2n) is 2.68. The van der Waals surface area contributed by atoms with Crippen molar-refractivity contribution in [3.63, 3.8) is 0 Å². The van der Waals surface area contributed by atoms with Crippen LogP contribution < -0.4 is 5.32 Å². The lowest BCUT2D eigenvalue weighted by Gasteiger charge is -2.04. The summed E-state index contributed by atoms with van der Waals surface area (Å²) in [5.41, 5.74) is 1.70. The summed E-state index contributed by atoms with van der Waals surface area (Å²) in [7, 11) is 0. The SMILES string of the molecule is CCNc1ncc(Br)c(Sc2nncs2)n1. The Morgan fingerprint density at radius 2 is 2.44 bits per heavy atom. The Bertz CT molecular complexity index is 461. The zero-order valence-corrected chi connectivity index (χ0v) is 11.6. The molecule has 0 radical (unpaired) electrons. The van der Waals surface area contributed by atoms with Crippen LogP contribution >= 0.6 is 39.0 Å². The molecule has 0 aliphatic heterocycles. The van der Waals surface area contributed by atoms with Gasteiger partial charge in [-0.05, 0) is 34.6 Å². The van der Waals surface area contributed by atoms with Gasteiger partial charge in [-0.3, -0.25) is 0 Å². The molecule has 2 aromatic rings. The average Bonchev–Trinajstić information content (AvgIpc) is 2.76. The van der Waals surface area contributed by atoms with Gasteiger partial charge in [0.25, 0.3) is 0 Å². The van der Waals surface area contributed by atoms with E-state index in [4.69, 9.17) is 0 Å². The molecule has 0 bridgehead atoms. The van der Waals surface area contributed by atoms with Crippen LogP contribution in [-0.2, 0) is 0 Å². The van der Waals surface area contributed by atoms with E-state index < -0.39 is 0 Å². The minimum Gasteiger partial charge on any atom is -0.354 e. The quantitative estimate of drug-likeness (QED) is 0.875. The molecule has 0 saturated carbocycles. The highest BCUT2D eigenvalue weighted by Gasteiger charge is 2.08. The van der Waals surface area contributed by atoms with Crippen LogP contribution in [0, 0.1) is 0 Å². The maximum absolute atomic E-state index is 4.37. The molecule has 0 atom stereocenters. The summed E-state index contributed by atoms with van der Waals surface area (Å²) in [6.45, 7) is 2.80. The fraction of sp³-hybridized carbons (Fsp3) is 0.250. The van der Waals surface area contributed by atoms with Crippen LogP contribution in [0.5, 0.6) is 0 Å². The van der Waals surface area contributed by atoms with Crippen LogP contribution in [0.15, 0.2) is 25.5 Å². The van der Waals surface area contributed by atoms with Gasteiger partial charge >= 0.3 is 0 Å². The van der Waals surface area contributed by atoms with Crippen molar-refractivity contribution in [2.75, 3.05) is 11.9 Å². The van der Waals surface area contributed by atoms with Gasteiger partial charge in [-0.25, -0.2) is 9.97 Å². The Kier molecular flexibility index (Phi) is 4.08. The number of aromatic nitrogens is 4. The predicted molar refractivity (Wildman–Crippen MR) is 67.9 cm³/mol. The van der Waals surface area contributed by atoms with E-state index >= 15 is 0 Å². The number of rotatable bonds is 4. The molecule has 0 fully saturated rings. The standard InChI is InChI=1S/C8H8BrN5S2/c1-2-10-7-11-3-5(9)6(13-7)16-8-14-12-4-15-8/h3-4H,2H2,1H3,(H,10,11,13). The van der Waals surface area contributed by atoms with Crippen molar-refractivity contribution in [3.05, 3.63) is 16.2 Å². The number of nitrogens with one attached hydrogen (secondary N) is 1. The molecule has 0 aliphatic rings. The molecule has 0 amide bonds. The largest absolute Gasteiger partial charge is 0.354 e. The summed E-state index contributed by atoms with van der Waals surface area (Å²) < 4.78 is 1.72. The molecule has 2 rings (SSSR count). The van der Waals surface area contributed by atoms with E-state index in [1.165, 1.54) is 23.1 Å². The Labute approximate surface area is 109 Å². The zero-order valence-electron chi connectivity index (χ0n) is 8.35. The van der Waals surface area contributed by atoms with Gasteiger partial charge < -0.3 is 5.32 Å². The molecule has 5 nitrogen and oxygen atoms in total. The maximum atomic E-state index is 4.37. The molecule has 0 unspecified atom stereocenters. The van der Waals surface area contributed by atoms with Gasteiger partial charge in [-0.2, -0.15) is 0 Å². The van der Waals surface area contributed by atoms with E-state index in [0.717, 1.165) is 20.4 Å². The van der Waals surface area contributed by atoms with Crippen molar-refractivity contribution in [2.45, 2.75) is 16.3 Å². The summed E-state index contributed by atoms with van der Waals surface area (Å²) in [6, 6.07) is 0. The highest BCUT2D eigenvalue weighted by atomic mass is 79.9. The number of hydrogen-bond acceptors (Lipinski definition) is 7. The van der Waals surface area contributed by atoms with Crippen LogP contribution in [0.3, 0.4) is 0 Å². The topological polar surface area (TPSA) is 63.6 Å². The van der Waals surface area contributed by atoms with Crippen molar-refractivity contribution in [2.24, 2.45) is 0 Å². The van der Waals surface area contributed by atoms with Gasteiger partial charge in [-0.1, -0.05) is 11.3 Å². The Morgan fingerprint density at radius 3 is 3.12 bits per heavy atom. The molecular formula is C8H8BrN5S2. The third-order valence-corrected chi connectivity index (χ3v) is 4.20. The third kappa shape index (κ3) is 2.89. The fourth-order valence-corrected chi connectivity index (χ4v) is 2.76. The fourth-order valence-electron chi connectivity index (χ4n) is 0.956. The van der Waals surface area contributed by atoms with Gasteiger partial charge in [0, 0.05) is 12.7 Å². The van der Waals surface area contributed by atoms with Gasteiger partial charge in [0.05, 0.1) is 4.47 Å². The lowest BCUT2D eigenvalue weighted by molar-refractivity contribution is 0.983. The van der Waals surface area contributed by atoms with E-state index in [1.54, 1.807) is 11.7 Å². The average molecular weight is 318 g/mol. The second-order valence-corrected chi connectivity index (χ2v) is 5.61. The highest BCUT2D eigenvalue weighted by molar-refractivity contribution is 9.10. The van der Waals surface area contributed by atoms with Crippen LogP contribution in [0.2, 0.25) is 0 Å². The van der Waals surface area contributed by atoms with Crippen molar-refractivity contribution in [3.8, 4) is 0 Å². The molecule has 0 saturated heterocycles. The molecule has 1 N–H and O–H groups in total. The van der Waals surface area contributed by atoms with Crippen molar-refractivity contribution < 1.29 is 0 Å². The summed E-state index contributed by atoms with van der Waals surface area (Å²) in [5, 5.41) is 11.6. The molecular weight excluding hydrogens is 310 g/mol. The molecule has 8 heteroatoms. The molecule has 2 aromatic heterocycles. The van der Waals surface area contributed by atoms with Crippen molar-refractivity contribution >= 4 is 45.0 Å². The van der Waals surface area contributed by atoms with Crippen molar-refractivity contribution in [1.82, 2.24) is 20.2 Å². The van der Waals surface area contributed by atoms with E-state index in [0.29, 0.717) is 5.95 Å². The highest BCUT2D eigenvalue weighted by Crippen LogP contribution is 2.32. The smallest absolute Gasteiger partial charge is 0.223 e. The summed E-state index contributed by atoms with van der Waals surface area (Å²) >= 11 is 6.36. The number of halogens is 1. The molecule has 16 heavy (non-hydrogen) atoms. The Hall–Kier alpha value is -0.730. The van der Waals surface area contributed by atoms with Gasteiger partial charge in [0.2, 0.25) is 5.95 Å². The third-order valence-electron chi connectivity index (χ3n) is 1.57. The van der Waals surface area contributed by atoms with E-state index in [9.17, 15) is 0 Å². The maximum Gasteiger partial charge on any atom is 0.223 e. The molecule has 0 spiro atoms.